The summed E-state index contributed by atoms with van der Waals surface area (Å²) in [5, 5.41) is 8.34. The maximum Gasteiger partial charge on any atom is 0.210 e. The lowest BCUT2D eigenvalue weighted by Crippen LogP contribution is -2.22. The second-order valence-corrected chi connectivity index (χ2v) is 4.97. The summed E-state index contributed by atoms with van der Waals surface area (Å²) in [7, 11) is -3.40. The number of halogens is 1. The van der Waals surface area contributed by atoms with E-state index in [1.165, 1.54) is 0 Å². The summed E-state index contributed by atoms with van der Waals surface area (Å²) in [5.41, 5.74) is 0.779. The normalized spacial score (nSPS) is 11.3. The van der Waals surface area contributed by atoms with Gasteiger partial charge in [0.1, 0.15) is 0 Å². The third-order valence-electron chi connectivity index (χ3n) is 1.54. The molecule has 1 aromatic carbocycles. The van der Waals surface area contributed by atoms with Gasteiger partial charge in [0.2, 0.25) is 10.0 Å². The molecule has 0 aliphatic rings. The number of primary sulfonamides is 1. The lowest BCUT2D eigenvalue weighted by atomic mass is 10.3. The zero-order valence-electron chi connectivity index (χ0n) is 7.40. The van der Waals surface area contributed by atoms with Crippen molar-refractivity contribution in [3.05, 3.63) is 29.3 Å². The molecule has 0 saturated carbocycles. The van der Waals surface area contributed by atoms with E-state index in [9.17, 15) is 8.42 Å². The summed E-state index contributed by atoms with van der Waals surface area (Å²) in [5.74, 6) is -0.0977. The van der Waals surface area contributed by atoms with Crippen molar-refractivity contribution < 1.29 is 8.42 Å². The van der Waals surface area contributed by atoms with Gasteiger partial charge in [0.05, 0.1) is 5.75 Å². The third-order valence-corrected chi connectivity index (χ3v) is 2.55. The molecule has 0 spiro atoms. The van der Waals surface area contributed by atoms with Crippen LogP contribution >= 0.6 is 11.6 Å². The van der Waals surface area contributed by atoms with Crippen molar-refractivity contribution in [2.75, 3.05) is 17.6 Å². The quantitative estimate of drug-likeness (QED) is 0.818. The van der Waals surface area contributed by atoms with Crippen molar-refractivity contribution in [2.24, 2.45) is 5.14 Å². The lowest BCUT2D eigenvalue weighted by molar-refractivity contribution is 0.598. The number of anilines is 1. The number of nitrogens with two attached hydrogens (primary N) is 1. The second kappa shape index (κ2) is 4.63. The predicted octanol–water partition coefficient (Wildman–Crippen LogP) is 1.04. The molecule has 1 rings (SSSR count). The Bertz CT molecular complexity index is 406. The van der Waals surface area contributed by atoms with Crippen LogP contribution in [0.5, 0.6) is 0 Å². The second-order valence-electron chi connectivity index (χ2n) is 2.80. The first-order valence-corrected chi connectivity index (χ1v) is 6.06. The third kappa shape index (κ3) is 4.45. The average molecular weight is 235 g/mol. The highest BCUT2D eigenvalue weighted by atomic mass is 35.5. The Hall–Kier alpha value is -0.780. The van der Waals surface area contributed by atoms with E-state index in [0.717, 1.165) is 5.69 Å². The van der Waals surface area contributed by atoms with E-state index in [4.69, 9.17) is 16.7 Å². The highest BCUT2D eigenvalue weighted by molar-refractivity contribution is 7.89. The number of benzene rings is 1. The van der Waals surface area contributed by atoms with Gasteiger partial charge in [-0.15, -0.1) is 0 Å². The first-order chi connectivity index (χ1) is 6.47. The SMILES string of the molecule is NS(=O)(=O)CCNc1cccc(Cl)c1. The maximum absolute atomic E-state index is 10.6. The summed E-state index contributed by atoms with van der Waals surface area (Å²) in [6.45, 7) is 0.277. The average Bonchev–Trinajstić information content (AvgIpc) is 2.01. The Balaban J connectivity index is 2.47. The minimum atomic E-state index is -3.40. The van der Waals surface area contributed by atoms with Gasteiger partial charge >= 0.3 is 0 Å². The van der Waals surface area contributed by atoms with Crippen molar-refractivity contribution in [3.63, 3.8) is 0 Å². The van der Waals surface area contributed by atoms with Crippen LogP contribution in [0.4, 0.5) is 5.69 Å². The Kier molecular flexibility index (Phi) is 3.74. The molecule has 78 valence electrons. The van der Waals surface area contributed by atoms with Crippen LogP contribution < -0.4 is 10.5 Å². The maximum atomic E-state index is 10.6. The van der Waals surface area contributed by atoms with E-state index in [2.05, 4.69) is 5.32 Å². The van der Waals surface area contributed by atoms with Crippen molar-refractivity contribution >= 4 is 27.3 Å². The monoisotopic (exact) mass is 234 g/mol. The fraction of sp³-hybridized carbons (Fsp3) is 0.250. The van der Waals surface area contributed by atoms with Crippen molar-refractivity contribution in [1.82, 2.24) is 0 Å². The minimum Gasteiger partial charge on any atom is -0.384 e. The summed E-state index contributed by atoms with van der Waals surface area (Å²) in [6, 6.07) is 7.04. The number of hydrogen-bond acceptors (Lipinski definition) is 3. The van der Waals surface area contributed by atoms with Gasteiger partial charge in [0.15, 0.2) is 0 Å². The van der Waals surface area contributed by atoms with E-state index >= 15 is 0 Å². The molecule has 0 heterocycles. The molecule has 0 saturated heterocycles. The zero-order valence-corrected chi connectivity index (χ0v) is 8.98. The molecule has 4 nitrogen and oxygen atoms in total. The molecule has 0 fully saturated rings. The lowest BCUT2D eigenvalue weighted by Gasteiger charge is -2.04. The topological polar surface area (TPSA) is 72.2 Å². The van der Waals surface area contributed by atoms with Gasteiger partial charge in [-0.25, -0.2) is 13.6 Å². The molecule has 0 atom stereocenters. The Morgan fingerprint density at radius 1 is 1.43 bits per heavy atom. The first-order valence-electron chi connectivity index (χ1n) is 3.97. The van der Waals surface area contributed by atoms with Crippen LogP contribution in [-0.2, 0) is 10.0 Å². The smallest absolute Gasteiger partial charge is 0.210 e. The highest BCUT2D eigenvalue weighted by Crippen LogP contribution is 2.14. The van der Waals surface area contributed by atoms with Crippen LogP contribution in [0.15, 0.2) is 24.3 Å². The van der Waals surface area contributed by atoms with E-state index < -0.39 is 10.0 Å². The molecule has 1 aromatic rings. The van der Waals surface area contributed by atoms with E-state index in [-0.39, 0.29) is 12.3 Å². The van der Waals surface area contributed by atoms with Gasteiger partial charge in [0.25, 0.3) is 0 Å². The molecule has 0 bridgehead atoms. The number of nitrogens with one attached hydrogen (secondary N) is 1. The molecule has 3 N–H and O–H groups in total. The van der Waals surface area contributed by atoms with Gasteiger partial charge in [-0.1, -0.05) is 17.7 Å². The van der Waals surface area contributed by atoms with Gasteiger partial charge in [-0.3, -0.25) is 0 Å². The molecule has 0 unspecified atom stereocenters. The van der Waals surface area contributed by atoms with Crippen LogP contribution in [0, 0.1) is 0 Å². The Labute approximate surface area is 88.1 Å². The summed E-state index contributed by atoms with van der Waals surface area (Å²) >= 11 is 5.73. The predicted molar refractivity (Wildman–Crippen MR) is 57.9 cm³/mol. The summed E-state index contributed by atoms with van der Waals surface area (Å²) in [4.78, 5) is 0. The minimum absolute atomic E-state index is 0.0977. The largest absolute Gasteiger partial charge is 0.384 e. The summed E-state index contributed by atoms with van der Waals surface area (Å²) < 4.78 is 21.2. The van der Waals surface area contributed by atoms with Gasteiger partial charge in [-0.05, 0) is 18.2 Å². The van der Waals surface area contributed by atoms with Crippen LogP contribution in [0.2, 0.25) is 5.02 Å². The van der Waals surface area contributed by atoms with Crippen LogP contribution in [0.3, 0.4) is 0 Å². The first kappa shape index (κ1) is 11.3. The van der Waals surface area contributed by atoms with Crippen LogP contribution in [0.1, 0.15) is 0 Å². The molecular formula is C8H11ClN2O2S. The number of rotatable bonds is 4. The molecular weight excluding hydrogens is 224 g/mol. The van der Waals surface area contributed by atoms with Crippen molar-refractivity contribution in [3.8, 4) is 0 Å². The Morgan fingerprint density at radius 2 is 2.14 bits per heavy atom. The number of sulfonamides is 1. The van der Waals surface area contributed by atoms with Crippen molar-refractivity contribution in [2.45, 2.75) is 0 Å². The van der Waals surface area contributed by atoms with E-state index in [1.54, 1.807) is 24.3 Å². The molecule has 0 aromatic heterocycles. The van der Waals surface area contributed by atoms with Gasteiger partial charge in [-0.2, -0.15) is 0 Å². The standard InChI is InChI=1S/C8H11ClN2O2S/c9-7-2-1-3-8(6-7)11-4-5-14(10,12)13/h1-3,6,11H,4-5H2,(H2,10,12,13). The molecule has 0 amide bonds. The summed E-state index contributed by atoms with van der Waals surface area (Å²) in [6.07, 6.45) is 0. The van der Waals surface area contributed by atoms with Crippen LogP contribution in [-0.4, -0.2) is 20.7 Å². The molecule has 6 heteroatoms. The molecule has 0 radical (unpaired) electrons. The fourth-order valence-electron chi connectivity index (χ4n) is 0.936. The number of hydrogen-bond donors (Lipinski definition) is 2. The fourth-order valence-corrected chi connectivity index (χ4v) is 1.51. The van der Waals surface area contributed by atoms with Gasteiger partial charge < -0.3 is 5.32 Å². The Morgan fingerprint density at radius 3 is 2.71 bits per heavy atom. The van der Waals surface area contributed by atoms with E-state index in [0.29, 0.717) is 5.02 Å². The van der Waals surface area contributed by atoms with Crippen LogP contribution in [0.25, 0.3) is 0 Å². The molecule has 14 heavy (non-hydrogen) atoms. The zero-order chi connectivity index (χ0) is 10.6. The van der Waals surface area contributed by atoms with Crippen molar-refractivity contribution in [1.29, 1.82) is 0 Å². The molecule has 0 aliphatic carbocycles. The highest BCUT2D eigenvalue weighted by Gasteiger charge is 2.01. The molecule has 0 aliphatic heterocycles. The van der Waals surface area contributed by atoms with E-state index in [1.807, 2.05) is 0 Å². The van der Waals surface area contributed by atoms with Gasteiger partial charge in [0, 0.05) is 17.3 Å².